The van der Waals surface area contributed by atoms with E-state index < -0.39 is 9.84 Å². The summed E-state index contributed by atoms with van der Waals surface area (Å²) in [6, 6.07) is 16.9. The Balaban J connectivity index is 1.68. The minimum Gasteiger partial charge on any atom is -0.333 e. The molecule has 1 aliphatic heterocycles. The van der Waals surface area contributed by atoms with E-state index in [2.05, 4.69) is 5.32 Å². The van der Waals surface area contributed by atoms with Crippen LogP contribution in [0, 0.1) is 0 Å². The van der Waals surface area contributed by atoms with Gasteiger partial charge in [0.15, 0.2) is 9.84 Å². The number of amides is 1. The SMILES string of the molecule is C[C@@H](NCC(=O)N(Cc1ccccc1)[C@H]1CCS(=O)(=O)C1)c1ccc(Cl)cc1. The average Bonchev–Trinajstić information content (AvgIpc) is 3.04. The summed E-state index contributed by atoms with van der Waals surface area (Å²) < 4.78 is 23.9. The zero-order valence-electron chi connectivity index (χ0n) is 15.8. The Labute approximate surface area is 171 Å². The fraction of sp³-hybridized carbons (Fsp3) is 0.381. The number of halogens is 1. The second kappa shape index (κ2) is 9.07. The number of benzene rings is 2. The van der Waals surface area contributed by atoms with Gasteiger partial charge >= 0.3 is 0 Å². The predicted molar refractivity (Wildman–Crippen MR) is 112 cm³/mol. The molecule has 0 saturated carbocycles. The van der Waals surface area contributed by atoms with Gasteiger partial charge in [-0.05, 0) is 36.6 Å². The Bertz CT molecular complexity index is 901. The van der Waals surface area contributed by atoms with Crippen LogP contribution in [0.5, 0.6) is 0 Å². The van der Waals surface area contributed by atoms with Gasteiger partial charge in [0, 0.05) is 23.7 Å². The van der Waals surface area contributed by atoms with E-state index >= 15 is 0 Å². The molecule has 1 fully saturated rings. The summed E-state index contributed by atoms with van der Waals surface area (Å²) in [5, 5.41) is 3.91. The van der Waals surface area contributed by atoms with E-state index in [9.17, 15) is 13.2 Å². The first kappa shape index (κ1) is 20.8. The minimum absolute atomic E-state index is 0.0212. The van der Waals surface area contributed by atoms with Crippen molar-refractivity contribution in [3.63, 3.8) is 0 Å². The van der Waals surface area contributed by atoms with Crippen molar-refractivity contribution in [1.29, 1.82) is 0 Å². The van der Waals surface area contributed by atoms with Crippen LogP contribution in [0.4, 0.5) is 0 Å². The lowest BCUT2D eigenvalue weighted by molar-refractivity contribution is -0.132. The summed E-state index contributed by atoms with van der Waals surface area (Å²) >= 11 is 5.93. The van der Waals surface area contributed by atoms with Gasteiger partial charge in [0.05, 0.1) is 18.1 Å². The third-order valence-corrected chi connectivity index (χ3v) is 7.10. The van der Waals surface area contributed by atoms with Crippen molar-refractivity contribution >= 4 is 27.3 Å². The Hall–Kier alpha value is -1.89. The van der Waals surface area contributed by atoms with Crippen molar-refractivity contribution in [3.8, 4) is 0 Å². The minimum atomic E-state index is -3.07. The lowest BCUT2D eigenvalue weighted by atomic mass is 10.1. The molecule has 3 rings (SSSR count). The van der Waals surface area contributed by atoms with Crippen molar-refractivity contribution in [2.75, 3.05) is 18.1 Å². The molecule has 1 N–H and O–H groups in total. The lowest BCUT2D eigenvalue weighted by Crippen LogP contribution is -2.45. The molecule has 0 radical (unpaired) electrons. The first-order valence-corrected chi connectivity index (χ1v) is 11.6. The highest BCUT2D eigenvalue weighted by Crippen LogP contribution is 2.21. The standard InChI is InChI=1S/C21H25ClN2O3S/c1-16(18-7-9-19(22)10-8-18)23-13-21(25)24(14-17-5-3-2-4-6-17)20-11-12-28(26,27)15-20/h2-10,16,20,23H,11-15H2,1H3/t16-,20+/m1/s1. The van der Waals surface area contributed by atoms with E-state index in [4.69, 9.17) is 11.6 Å². The van der Waals surface area contributed by atoms with E-state index in [-0.39, 0.29) is 36.0 Å². The lowest BCUT2D eigenvalue weighted by Gasteiger charge is -2.29. The number of sulfone groups is 1. The first-order chi connectivity index (χ1) is 13.3. The van der Waals surface area contributed by atoms with Crippen molar-refractivity contribution < 1.29 is 13.2 Å². The summed E-state index contributed by atoms with van der Waals surface area (Å²) in [7, 11) is -3.07. The van der Waals surface area contributed by atoms with Crippen molar-refractivity contribution in [3.05, 3.63) is 70.7 Å². The van der Waals surface area contributed by atoms with Gasteiger partial charge < -0.3 is 10.2 Å². The number of carbonyl (C=O) groups is 1. The highest BCUT2D eigenvalue weighted by atomic mass is 35.5. The largest absolute Gasteiger partial charge is 0.333 e. The number of carbonyl (C=O) groups excluding carboxylic acids is 1. The molecule has 1 saturated heterocycles. The molecule has 0 bridgehead atoms. The summed E-state index contributed by atoms with van der Waals surface area (Å²) in [6.07, 6.45) is 0.494. The Morgan fingerprint density at radius 2 is 1.86 bits per heavy atom. The zero-order valence-corrected chi connectivity index (χ0v) is 17.4. The number of nitrogens with zero attached hydrogens (tertiary/aromatic N) is 1. The van der Waals surface area contributed by atoms with E-state index in [0.29, 0.717) is 18.0 Å². The normalized spacial score (nSPS) is 19.3. The summed E-state index contributed by atoms with van der Waals surface area (Å²) in [6.45, 7) is 2.54. The second-order valence-electron chi connectivity index (χ2n) is 7.22. The van der Waals surface area contributed by atoms with E-state index in [1.807, 2.05) is 61.5 Å². The van der Waals surface area contributed by atoms with Crippen LogP contribution in [-0.4, -0.2) is 43.3 Å². The molecule has 150 valence electrons. The molecule has 2 aromatic rings. The monoisotopic (exact) mass is 420 g/mol. The molecule has 0 spiro atoms. The predicted octanol–water partition coefficient (Wildman–Crippen LogP) is 3.21. The molecule has 0 unspecified atom stereocenters. The Morgan fingerprint density at radius 3 is 2.46 bits per heavy atom. The molecule has 28 heavy (non-hydrogen) atoms. The summed E-state index contributed by atoms with van der Waals surface area (Å²) in [4.78, 5) is 14.7. The maximum absolute atomic E-state index is 13.0. The van der Waals surface area contributed by atoms with Crippen LogP contribution in [0.25, 0.3) is 0 Å². The number of hydrogen-bond donors (Lipinski definition) is 1. The first-order valence-electron chi connectivity index (χ1n) is 9.37. The highest BCUT2D eigenvalue weighted by Gasteiger charge is 2.34. The van der Waals surface area contributed by atoms with Crippen LogP contribution in [0.3, 0.4) is 0 Å². The highest BCUT2D eigenvalue weighted by molar-refractivity contribution is 7.91. The zero-order chi connectivity index (χ0) is 20.1. The number of nitrogens with one attached hydrogen (secondary N) is 1. The fourth-order valence-corrected chi connectivity index (χ4v) is 5.29. The quantitative estimate of drug-likeness (QED) is 0.746. The molecule has 0 aliphatic carbocycles. The molecule has 5 nitrogen and oxygen atoms in total. The molecule has 1 amide bonds. The van der Waals surface area contributed by atoms with Crippen molar-refractivity contribution in [1.82, 2.24) is 10.2 Å². The van der Waals surface area contributed by atoms with Gasteiger partial charge in [-0.1, -0.05) is 54.1 Å². The van der Waals surface area contributed by atoms with Crippen molar-refractivity contribution in [2.45, 2.75) is 32.0 Å². The van der Waals surface area contributed by atoms with Crippen LogP contribution in [0.15, 0.2) is 54.6 Å². The maximum atomic E-state index is 13.0. The number of rotatable bonds is 7. The van der Waals surface area contributed by atoms with Crippen LogP contribution in [0.2, 0.25) is 5.02 Å². The maximum Gasteiger partial charge on any atom is 0.237 e. The van der Waals surface area contributed by atoms with Crippen LogP contribution in [0.1, 0.15) is 30.5 Å². The third-order valence-electron chi connectivity index (χ3n) is 5.09. The van der Waals surface area contributed by atoms with Crippen LogP contribution in [-0.2, 0) is 21.2 Å². The van der Waals surface area contributed by atoms with E-state index in [1.165, 1.54) is 0 Å². The van der Waals surface area contributed by atoms with Gasteiger partial charge in [0.1, 0.15) is 0 Å². The van der Waals surface area contributed by atoms with Gasteiger partial charge in [-0.2, -0.15) is 0 Å². The molecule has 2 atom stereocenters. The van der Waals surface area contributed by atoms with E-state index in [1.54, 1.807) is 4.90 Å². The van der Waals surface area contributed by atoms with Gasteiger partial charge in [-0.3, -0.25) is 4.79 Å². The molecule has 1 aliphatic rings. The summed E-state index contributed by atoms with van der Waals surface area (Å²) in [5.74, 6) is 0.0927. The Morgan fingerprint density at radius 1 is 1.18 bits per heavy atom. The fourth-order valence-electron chi connectivity index (χ4n) is 3.43. The van der Waals surface area contributed by atoms with Gasteiger partial charge in [0.2, 0.25) is 5.91 Å². The molecule has 0 aromatic heterocycles. The van der Waals surface area contributed by atoms with Crippen molar-refractivity contribution in [2.24, 2.45) is 0 Å². The second-order valence-corrected chi connectivity index (χ2v) is 9.88. The van der Waals surface area contributed by atoms with Crippen LogP contribution < -0.4 is 5.32 Å². The van der Waals surface area contributed by atoms with Gasteiger partial charge in [0.25, 0.3) is 0 Å². The summed E-state index contributed by atoms with van der Waals surface area (Å²) in [5.41, 5.74) is 2.03. The van der Waals surface area contributed by atoms with Crippen LogP contribution >= 0.6 is 11.6 Å². The number of hydrogen-bond acceptors (Lipinski definition) is 4. The Kier molecular flexibility index (Phi) is 6.75. The third kappa shape index (κ3) is 5.56. The van der Waals surface area contributed by atoms with Gasteiger partial charge in [-0.15, -0.1) is 0 Å². The molecular weight excluding hydrogens is 396 g/mol. The molecular formula is C21H25ClN2O3S. The molecule has 1 heterocycles. The molecule has 2 aromatic carbocycles. The topological polar surface area (TPSA) is 66.5 Å². The van der Waals surface area contributed by atoms with E-state index in [0.717, 1.165) is 11.1 Å². The average molecular weight is 421 g/mol. The molecule has 7 heteroatoms. The van der Waals surface area contributed by atoms with Gasteiger partial charge in [-0.25, -0.2) is 8.42 Å². The smallest absolute Gasteiger partial charge is 0.237 e.